The Hall–Kier alpha value is -2.09. The largest absolute Gasteiger partial charge is 0.468 e. The Morgan fingerprint density at radius 3 is 2.85 bits per heavy atom. The molecule has 0 amide bonds. The van der Waals surface area contributed by atoms with Gasteiger partial charge in [0.25, 0.3) is 0 Å². The molecule has 1 N–H and O–H groups in total. The van der Waals surface area contributed by atoms with Crippen LogP contribution in [0, 0.1) is 17.7 Å². The Morgan fingerprint density at radius 2 is 2.15 bits per heavy atom. The molecule has 0 unspecified atom stereocenters. The molecule has 0 fully saturated rings. The summed E-state index contributed by atoms with van der Waals surface area (Å²) in [7, 11) is 1.94. The minimum absolute atomic E-state index is 0.232. The van der Waals surface area contributed by atoms with Crippen LogP contribution in [-0.4, -0.2) is 23.7 Å². The molecule has 2 aromatic rings. The van der Waals surface area contributed by atoms with Crippen LogP contribution >= 0.6 is 0 Å². The van der Waals surface area contributed by atoms with Gasteiger partial charge in [-0.3, -0.25) is 4.90 Å². The van der Waals surface area contributed by atoms with E-state index in [1.54, 1.807) is 6.26 Å². The lowest BCUT2D eigenvalue weighted by atomic mass is 10.1. The zero-order valence-electron chi connectivity index (χ0n) is 11.3. The SMILES string of the molecule is CN(Cc1cc(F)cc(C#CCO)c1)Cc1ccco1. The fraction of sp³-hybridized carbons (Fsp3) is 0.250. The van der Waals surface area contributed by atoms with Crippen molar-refractivity contribution in [3.8, 4) is 11.8 Å². The zero-order valence-corrected chi connectivity index (χ0v) is 11.3. The molecule has 0 bridgehead atoms. The number of benzene rings is 1. The second-order valence-electron chi connectivity index (χ2n) is 4.56. The normalized spacial score (nSPS) is 10.4. The minimum atomic E-state index is -0.323. The van der Waals surface area contributed by atoms with Crippen molar-refractivity contribution >= 4 is 0 Å². The van der Waals surface area contributed by atoms with E-state index in [9.17, 15) is 4.39 Å². The first-order valence-corrected chi connectivity index (χ1v) is 6.27. The van der Waals surface area contributed by atoms with E-state index in [1.807, 2.05) is 30.1 Å². The standard InChI is InChI=1S/C16H16FNO2/c1-18(12-16-5-3-7-20-16)11-14-8-13(4-2-6-19)9-15(17)10-14/h3,5,7-10,19H,6,11-12H2,1H3. The predicted octanol–water partition coefficient (Wildman–Crippen LogP) is 2.39. The van der Waals surface area contributed by atoms with Crippen molar-refractivity contribution in [2.24, 2.45) is 0 Å². The quantitative estimate of drug-likeness (QED) is 0.869. The number of hydrogen-bond acceptors (Lipinski definition) is 3. The Bertz CT molecular complexity index is 611. The van der Waals surface area contributed by atoms with E-state index < -0.39 is 0 Å². The summed E-state index contributed by atoms with van der Waals surface area (Å²) in [5, 5.41) is 8.67. The average Bonchev–Trinajstić information content (AvgIpc) is 2.88. The molecule has 1 aromatic carbocycles. The van der Waals surface area contributed by atoms with Gasteiger partial charge in [-0.25, -0.2) is 4.39 Å². The second-order valence-corrected chi connectivity index (χ2v) is 4.56. The van der Waals surface area contributed by atoms with Gasteiger partial charge in [0, 0.05) is 12.1 Å². The summed E-state index contributed by atoms with van der Waals surface area (Å²) in [5.74, 6) is 5.78. The first-order chi connectivity index (χ1) is 9.67. The molecule has 0 atom stereocenters. The third-order valence-electron chi connectivity index (χ3n) is 2.73. The highest BCUT2D eigenvalue weighted by Gasteiger charge is 2.06. The number of aliphatic hydroxyl groups is 1. The van der Waals surface area contributed by atoms with Crippen molar-refractivity contribution < 1.29 is 13.9 Å². The van der Waals surface area contributed by atoms with Crippen LogP contribution in [0.2, 0.25) is 0 Å². The number of aliphatic hydroxyl groups excluding tert-OH is 1. The highest BCUT2D eigenvalue weighted by Crippen LogP contribution is 2.12. The minimum Gasteiger partial charge on any atom is -0.468 e. The summed E-state index contributed by atoms with van der Waals surface area (Å²) in [6.07, 6.45) is 1.63. The molecule has 1 heterocycles. The van der Waals surface area contributed by atoms with E-state index in [-0.39, 0.29) is 12.4 Å². The van der Waals surface area contributed by atoms with Crippen LogP contribution in [0.15, 0.2) is 41.0 Å². The molecule has 0 aliphatic heterocycles. The number of hydrogen-bond donors (Lipinski definition) is 1. The molecule has 3 nitrogen and oxygen atoms in total. The number of furan rings is 1. The monoisotopic (exact) mass is 273 g/mol. The predicted molar refractivity (Wildman–Crippen MR) is 74.2 cm³/mol. The van der Waals surface area contributed by atoms with Crippen LogP contribution < -0.4 is 0 Å². The van der Waals surface area contributed by atoms with Gasteiger partial charge in [0.1, 0.15) is 18.2 Å². The molecular formula is C16H16FNO2. The number of rotatable bonds is 4. The lowest BCUT2D eigenvalue weighted by molar-refractivity contribution is 0.287. The topological polar surface area (TPSA) is 36.6 Å². The Labute approximate surface area is 117 Å². The summed E-state index contributed by atoms with van der Waals surface area (Å²) >= 11 is 0. The van der Waals surface area contributed by atoms with Gasteiger partial charge in [0.05, 0.1) is 12.8 Å². The van der Waals surface area contributed by atoms with Gasteiger partial charge >= 0.3 is 0 Å². The molecule has 1 aromatic heterocycles. The molecular weight excluding hydrogens is 257 g/mol. The van der Waals surface area contributed by atoms with Gasteiger partial charge in [-0.1, -0.05) is 11.8 Å². The van der Waals surface area contributed by atoms with Crippen molar-refractivity contribution in [2.75, 3.05) is 13.7 Å². The Kier molecular flexibility index (Phi) is 4.94. The fourth-order valence-corrected chi connectivity index (χ4v) is 1.99. The molecule has 0 spiro atoms. The van der Waals surface area contributed by atoms with Crippen LogP contribution in [0.25, 0.3) is 0 Å². The van der Waals surface area contributed by atoms with Gasteiger partial charge in [-0.15, -0.1) is 0 Å². The molecule has 0 saturated heterocycles. The molecule has 104 valence electrons. The first-order valence-electron chi connectivity index (χ1n) is 6.27. The first kappa shape index (κ1) is 14.3. The maximum atomic E-state index is 13.5. The van der Waals surface area contributed by atoms with E-state index in [0.717, 1.165) is 11.3 Å². The fourth-order valence-electron chi connectivity index (χ4n) is 1.99. The van der Waals surface area contributed by atoms with Crippen LogP contribution in [0.4, 0.5) is 4.39 Å². The highest BCUT2D eigenvalue weighted by atomic mass is 19.1. The summed E-state index contributed by atoms with van der Waals surface area (Å²) in [5.41, 5.74) is 1.40. The third kappa shape index (κ3) is 4.23. The smallest absolute Gasteiger partial charge is 0.124 e. The second kappa shape index (κ2) is 6.90. The Morgan fingerprint density at radius 1 is 1.30 bits per heavy atom. The van der Waals surface area contributed by atoms with Gasteiger partial charge in [0.15, 0.2) is 0 Å². The van der Waals surface area contributed by atoms with E-state index >= 15 is 0 Å². The van der Waals surface area contributed by atoms with Crippen LogP contribution in [0.5, 0.6) is 0 Å². The highest BCUT2D eigenvalue weighted by molar-refractivity contribution is 5.37. The average molecular weight is 273 g/mol. The van der Waals surface area contributed by atoms with E-state index in [2.05, 4.69) is 11.8 Å². The van der Waals surface area contributed by atoms with Crippen molar-refractivity contribution in [3.05, 3.63) is 59.3 Å². The molecule has 0 aliphatic carbocycles. The van der Waals surface area contributed by atoms with Crippen LogP contribution in [-0.2, 0) is 13.1 Å². The molecule has 0 aliphatic rings. The molecule has 0 radical (unpaired) electrons. The van der Waals surface area contributed by atoms with E-state index in [4.69, 9.17) is 9.52 Å². The lowest BCUT2D eigenvalue weighted by Crippen LogP contribution is -2.17. The van der Waals surface area contributed by atoms with Gasteiger partial charge in [-0.2, -0.15) is 0 Å². The zero-order chi connectivity index (χ0) is 14.4. The van der Waals surface area contributed by atoms with Gasteiger partial charge in [0.2, 0.25) is 0 Å². The van der Waals surface area contributed by atoms with Gasteiger partial charge in [-0.05, 0) is 42.9 Å². The number of nitrogens with zero attached hydrogens (tertiary/aromatic N) is 1. The molecule has 4 heteroatoms. The van der Waals surface area contributed by atoms with Crippen molar-refractivity contribution in [1.82, 2.24) is 4.90 Å². The maximum Gasteiger partial charge on any atom is 0.124 e. The Balaban J connectivity index is 2.06. The van der Waals surface area contributed by atoms with Crippen LogP contribution in [0.1, 0.15) is 16.9 Å². The summed E-state index contributed by atoms with van der Waals surface area (Å²) < 4.78 is 18.8. The van der Waals surface area contributed by atoms with Crippen LogP contribution in [0.3, 0.4) is 0 Å². The summed E-state index contributed by atoms with van der Waals surface area (Å²) in [6, 6.07) is 8.42. The summed E-state index contributed by atoms with van der Waals surface area (Å²) in [6.45, 7) is 1.01. The molecule has 0 saturated carbocycles. The van der Waals surface area contributed by atoms with Crippen molar-refractivity contribution in [1.29, 1.82) is 0 Å². The third-order valence-corrected chi connectivity index (χ3v) is 2.73. The molecule has 20 heavy (non-hydrogen) atoms. The summed E-state index contributed by atoms with van der Waals surface area (Å²) in [4.78, 5) is 2.02. The van der Waals surface area contributed by atoms with E-state index in [1.165, 1.54) is 12.1 Å². The molecule has 2 rings (SSSR count). The van der Waals surface area contributed by atoms with Gasteiger partial charge < -0.3 is 9.52 Å². The lowest BCUT2D eigenvalue weighted by Gasteiger charge is -2.15. The van der Waals surface area contributed by atoms with Crippen molar-refractivity contribution in [2.45, 2.75) is 13.1 Å². The maximum absolute atomic E-state index is 13.5. The van der Waals surface area contributed by atoms with E-state index in [0.29, 0.717) is 18.7 Å². The number of halogens is 1. The van der Waals surface area contributed by atoms with Crippen molar-refractivity contribution in [3.63, 3.8) is 0 Å².